The summed E-state index contributed by atoms with van der Waals surface area (Å²) in [4.78, 5) is 1.59. The van der Waals surface area contributed by atoms with Crippen LogP contribution in [0.2, 0.25) is 0 Å². The third-order valence-electron chi connectivity index (χ3n) is 2.09. The van der Waals surface area contributed by atoms with E-state index in [9.17, 15) is 8.42 Å². The number of para-hydroxylation sites is 1. The van der Waals surface area contributed by atoms with Crippen molar-refractivity contribution in [2.75, 3.05) is 34.4 Å². The fourth-order valence-corrected chi connectivity index (χ4v) is 2.29. The molecule has 0 spiro atoms. The predicted molar refractivity (Wildman–Crippen MR) is 73.2 cm³/mol. The maximum atomic E-state index is 12.1. The van der Waals surface area contributed by atoms with Gasteiger partial charge in [-0.3, -0.25) is 0 Å². The summed E-state index contributed by atoms with van der Waals surface area (Å²) >= 11 is 0. The highest BCUT2D eigenvalue weighted by Gasteiger charge is 2.17. The van der Waals surface area contributed by atoms with Crippen LogP contribution in [0.5, 0.6) is 5.75 Å². The molecule has 0 unspecified atom stereocenters. The van der Waals surface area contributed by atoms with Gasteiger partial charge in [-0.2, -0.15) is 8.42 Å². The monoisotopic (exact) mass is 286 g/mol. The van der Waals surface area contributed by atoms with E-state index < -0.39 is 10.0 Å². The second-order valence-electron chi connectivity index (χ2n) is 3.95. The molecule has 0 fully saturated rings. The summed E-state index contributed by atoms with van der Waals surface area (Å²) in [6.45, 7) is 0.662. The lowest BCUT2D eigenvalue weighted by molar-refractivity contribution is 0.144. The normalized spacial score (nSPS) is 11.7. The molecule has 0 N–H and O–H groups in total. The molecule has 106 valence electrons. The summed E-state index contributed by atoms with van der Waals surface area (Å²) in [7, 11) is 1.18. The first kappa shape index (κ1) is 15.5. The largest absolute Gasteiger partial charge is 0.490 e. The van der Waals surface area contributed by atoms with Gasteiger partial charge >= 0.3 is 0 Å². The van der Waals surface area contributed by atoms with E-state index in [0.717, 1.165) is 0 Å². The van der Waals surface area contributed by atoms with E-state index in [0.29, 0.717) is 6.61 Å². The number of benzene rings is 1. The van der Waals surface area contributed by atoms with Gasteiger partial charge < -0.3 is 14.4 Å². The molecule has 0 bridgehead atoms. The highest BCUT2D eigenvalue weighted by Crippen LogP contribution is 2.24. The van der Waals surface area contributed by atoms with Crippen LogP contribution >= 0.6 is 0 Å². The second-order valence-corrected chi connectivity index (χ2v) is 5.55. The summed E-state index contributed by atoms with van der Waals surface area (Å²) in [5.41, 5.74) is 0. The van der Waals surface area contributed by atoms with Gasteiger partial charge in [0.1, 0.15) is 23.6 Å². The summed E-state index contributed by atoms with van der Waals surface area (Å²) < 4.78 is 37.9. The SMILES string of the molecule is COCCOc1ccccc1S(=O)(=O)N=CN(C)C. The molecule has 0 aromatic heterocycles. The highest BCUT2D eigenvalue weighted by atomic mass is 32.2. The highest BCUT2D eigenvalue weighted by molar-refractivity contribution is 7.90. The Labute approximate surface area is 113 Å². The first-order valence-corrected chi connectivity index (χ1v) is 7.09. The van der Waals surface area contributed by atoms with Crippen molar-refractivity contribution in [1.29, 1.82) is 0 Å². The van der Waals surface area contributed by atoms with Gasteiger partial charge in [-0.05, 0) is 12.1 Å². The average molecular weight is 286 g/mol. The van der Waals surface area contributed by atoms with Crippen molar-refractivity contribution < 1.29 is 17.9 Å². The third kappa shape index (κ3) is 4.88. The molecule has 1 rings (SSSR count). The van der Waals surface area contributed by atoms with E-state index in [-0.39, 0.29) is 17.3 Å². The fraction of sp³-hybridized carbons (Fsp3) is 0.417. The number of rotatable bonds is 7. The summed E-state index contributed by atoms with van der Waals surface area (Å²) in [6, 6.07) is 6.39. The van der Waals surface area contributed by atoms with Crippen molar-refractivity contribution in [3.63, 3.8) is 0 Å². The molecule has 6 nitrogen and oxygen atoms in total. The van der Waals surface area contributed by atoms with Crippen LogP contribution in [0.15, 0.2) is 33.6 Å². The van der Waals surface area contributed by atoms with Crippen LogP contribution in [0.4, 0.5) is 0 Å². The number of sulfonamides is 1. The van der Waals surface area contributed by atoms with Crippen molar-refractivity contribution in [1.82, 2.24) is 4.90 Å². The van der Waals surface area contributed by atoms with Gasteiger partial charge in [0.05, 0.1) is 6.61 Å². The molecular formula is C12H18N2O4S. The van der Waals surface area contributed by atoms with Crippen LogP contribution in [-0.4, -0.2) is 54.1 Å². The third-order valence-corrected chi connectivity index (χ3v) is 3.35. The van der Waals surface area contributed by atoms with Crippen molar-refractivity contribution in [3.05, 3.63) is 24.3 Å². The lowest BCUT2D eigenvalue weighted by Gasteiger charge is -2.10. The molecule has 0 amide bonds. The Kier molecular flexibility index (Phi) is 5.78. The zero-order valence-corrected chi connectivity index (χ0v) is 12.1. The standard InChI is InChI=1S/C12H18N2O4S/c1-14(2)10-13-19(15,16)12-7-5-4-6-11(12)18-9-8-17-3/h4-7,10H,8-9H2,1-3H3. The van der Waals surface area contributed by atoms with Gasteiger partial charge in [0.15, 0.2) is 0 Å². The number of nitrogens with zero attached hydrogens (tertiary/aromatic N) is 2. The average Bonchev–Trinajstić information content (AvgIpc) is 2.37. The smallest absolute Gasteiger partial charge is 0.287 e. The molecule has 0 atom stereocenters. The Balaban J connectivity index is 2.99. The van der Waals surface area contributed by atoms with E-state index >= 15 is 0 Å². The van der Waals surface area contributed by atoms with Gasteiger partial charge in [0.2, 0.25) is 0 Å². The van der Waals surface area contributed by atoms with Gasteiger partial charge in [-0.1, -0.05) is 12.1 Å². The van der Waals surface area contributed by atoms with Crippen molar-refractivity contribution in [2.24, 2.45) is 4.40 Å². The number of hydrogen-bond donors (Lipinski definition) is 0. The lowest BCUT2D eigenvalue weighted by Crippen LogP contribution is -2.11. The molecule has 0 aliphatic rings. The van der Waals surface area contributed by atoms with E-state index in [1.54, 1.807) is 44.3 Å². The fourth-order valence-electron chi connectivity index (χ4n) is 1.23. The van der Waals surface area contributed by atoms with Crippen LogP contribution in [0.25, 0.3) is 0 Å². The molecule has 0 aliphatic heterocycles. The van der Waals surface area contributed by atoms with Crippen LogP contribution in [0.3, 0.4) is 0 Å². The maximum absolute atomic E-state index is 12.1. The molecule has 0 aliphatic carbocycles. The number of hydrogen-bond acceptors (Lipinski definition) is 4. The van der Waals surface area contributed by atoms with Gasteiger partial charge in [-0.15, -0.1) is 4.40 Å². The summed E-state index contributed by atoms with van der Waals surface area (Å²) in [5.74, 6) is 0.274. The minimum absolute atomic E-state index is 0.0456. The van der Waals surface area contributed by atoms with Crippen LogP contribution in [-0.2, 0) is 14.8 Å². The predicted octanol–water partition coefficient (Wildman–Crippen LogP) is 0.990. The van der Waals surface area contributed by atoms with E-state index in [1.165, 1.54) is 12.4 Å². The Hall–Kier alpha value is -1.60. The Morgan fingerprint density at radius 1 is 1.26 bits per heavy atom. The van der Waals surface area contributed by atoms with Crippen molar-refractivity contribution >= 4 is 16.4 Å². The lowest BCUT2D eigenvalue weighted by atomic mass is 10.3. The van der Waals surface area contributed by atoms with Crippen molar-refractivity contribution in [2.45, 2.75) is 4.90 Å². The van der Waals surface area contributed by atoms with Gasteiger partial charge in [-0.25, -0.2) is 0 Å². The Morgan fingerprint density at radius 3 is 2.58 bits per heavy atom. The second kappa shape index (κ2) is 7.10. The molecule has 0 saturated heterocycles. The summed E-state index contributed by atoms with van der Waals surface area (Å²) in [6.07, 6.45) is 1.24. The Bertz CT molecular complexity index is 526. The molecular weight excluding hydrogens is 268 g/mol. The van der Waals surface area contributed by atoms with E-state index in [1.807, 2.05) is 0 Å². The molecule has 1 aromatic carbocycles. The first-order chi connectivity index (χ1) is 8.97. The molecule has 0 radical (unpaired) electrons. The minimum Gasteiger partial charge on any atom is -0.490 e. The van der Waals surface area contributed by atoms with E-state index in [2.05, 4.69) is 4.40 Å². The van der Waals surface area contributed by atoms with Crippen molar-refractivity contribution in [3.8, 4) is 5.75 Å². The molecule has 19 heavy (non-hydrogen) atoms. The zero-order chi connectivity index (χ0) is 14.3. The zero-order valence-electron chi connectivity index (χ0n) is 11.2. The number of methoxy groups -OCH3 is 1. The van der Waals surface area contributed by atoms with Crippen LogP contribution in [0, 0.1) is 0 Å². The summed E-state index contributed by atoms with van der Waals surface area (Å²) in [5, 5.41) is 0. The van der Waals surface area contributed by atoms with Crippen LogP contribution < -0.4 is 4.74 Å². The first-order valence-electron chi connectivity index (χ1n) is 5.65. The molecule has 0 saturated carbocycles. The van der Waals surface area contributed by atoms with E-state index in [4.69, 9.17) is 9.47 Å². The van der Waals surface area contributed by atoms with Gasteiger partial charge in [0.25, 0.3) is 10.0 Å². The quantitative estimate of drug-likeness (QED) is 0.425. The molecule has 0 heterocycles. The topological polar surface area (TPSA) is 68.2 Å². The maximum Gasteiger partial charge on any atom is 0.287 e. The number of ether oxygens (including phenoxy) is 2. The van der Waals surface area contributed by atoms with Gasteiger partial charge in [0, 0.05) is 21.2 Å². The Morgan fingerprint density at radius 2 is 1.95 bits per heavy atom. The van der Waals surface area contributed by atoms with Crippen LogP contribution in [0.1, 0.15) is 0 Å². The minimum atomic E-state index is -3.76. The molecule has 1 aromatic rings. The molecule has 7 heteroatoms.